The summed E-state index contributed by atoms with van der Waals surface area (Å²) in [7, 11) is 0. The number of non-ortho nitro benzene ring substituents is 1. The maximum absolute atomic E-state index is 13.5. The smallest absolute Gasteiger partial charge is 0.298 e. The maximum Gasteiger partial charge on any atom is 0.298 e. The van der Waals surface area contributed by atoms with Crippen LogP contribution in [0.4, 0.5) is 15.8 Å². The molecule has 0 aliphatic heterocycles. The molecule has 3 aromatic rings. The van der Waals surface area contributed by atoms with Gasteiger partial charge in [0.2, 0.25) is 5.88 Å². The zero-order chi connectivity index (χ0) is 17.3. The summed E-state index contributed by atoms with van der Waals surface area (Å²) in [6.45, 7) is 0. The molecule has 0 aliphatic carbocycles. The van der Waals surface area contributed by atoms with E-state index in [0.29, 0.717) is 5.52 Å². The quantitative estimate of drug-likeness (QED) is 0.431. The molecule has 0 saturated carbocycles. The van der Waals surface area contributed by atoms with Gasteiger partial charge >= 0.3 is 0 Å². The van der Waals surface area contributed by atoms with Gasteiger partial charge in [0.05, 0.1) is 16.0 Å². The van der Waals surface area contributed by atoms with Gasteiger partial charge in [0.15, 0.2) is 5.69 Å². The Hall–Kier alpha value is -3.62. The molecule has 3 rings (SSSR count). The normalized spacial score (nSPS) is 11.2. The Labute approximate surface area is 133 Å². The van der Waals surface area contributed by atoms with Crippen LogP contribution < -0.4 is 0 Å². The molecule has 1 amide bonds. The average Bonchev–Trinajstić information content (AvgIpc) is 2.87. The van der Waals surface area contributed by atoms with Crippen molar-refractivity contribution in [3.63, 3.8) is 0 Å². The largest absolute Gasteiger partial charge is 0.493 e. The second-order valence-corrected chi connectivity index (χ2v) is 4.79. The molecule has 1 heterocycles. The van der Waals surface area contributed by atoms with Crippen LogP contribution in [0.2, 0.25) is 0 Å². The van der Waals surface area contributed by atoms with Crippen molar-refractivity contribution in [1.29, 1.82) is 0 Å². The van der Waals surface area contributed by atoms with Crippen LogP contribution in [0.15, 0.2) is 52.7 Å². The van der Waals surface area contributed by atoms with Crippen molar-refractivity contribution in [2.75, 3.05) is 0 Å². The highest BCUT2D eigenvalue weighted by molar-refractivity contribution is 5.97. The van der Waals surface area contributed by atoms with Gasteiger partial charge in [-0.1, -0.05) is 12.1 Å². The van der Waals surface area contributed by atoms with Gasteiger partial charge in [-0.2, -0.15) is 0 Å². The van der Waals surface area contributed by atoms with E-state index in [0.717, 1.165) is 6.07 Å². The van der Waals surface area contributed by atoms with Gasteiger partial charge in [0.1, 0.15) is 5.82 Å². The number of nitrogens with zero attached hydrogens (tertiary/aromatic N) is 3. The lowest BCUT2D eigenvalue weighted by molar-refractivity contribution is -0.384. The lowest BCUT2D eigenvalue weighted by atomic mass is 10.2. The average molecular weight is 328 g/mol. The van der Waals surface area contributed by atoms with E-state index in [9.17, 15) is 24.4 Å². The van der Waals surface area contributed by atoms with Crippen LogP contribution in [-0.4, -0.2) is 20.9 Å². The minimum atomic E-state index is -0.938. The van der Waals surface area contributed by atoms with Gasteiger partial charge in [-0.25, -0.2) is 4.39 Å². The first-order valence-electron chi connectivity index (χ1n) is 6.67. The van der Waals surface area contributed by atoms with Crippen LogP contribution in [0, 0.1) is 15.9 Å². The summed E-state index contributed by atoms with van der Waals surface area (Å²) in [5, 5.41) is 27.9. The van der Waals surface area contributed by atoms with E-state index in [1.165, 1.54) is 36.4 Å². The molecule has 1 aromatic heterocycles. The lowest BCUT2D eigenvalue weighted by Gasteiger charge is -1.96. The fourth-order valence-electron chi connectivity index (χ4n) is 2.15. The summed E-state index contributed by atoms with van der Waals surface area (Å²) >= 11 is 0. The molecule has 2 N–H and O–H groups in total. The van der Waals surface area contributed by atoms with Gasteiger partial charge in [-0.05, 0) is 18.2 Å². The molecular formula is C15H9FN4O4. The first kappa shape index (κ1) is 15.3. The Morgan fingerprint density at radius 2 is 2.00 bits per heavy atom. The third-order valence-electron chi connectivity index (χ3n) is 3.29. The highest BCUT2D eigenvalue weighted by Gasteiger charge is 2.16. The number of hydrogen-bond donors (Lipinski definition) is 2. The number of rotatable bonds is 3. The molecule has 0 aliphatic rings. The molecule has 0 bridgehead atoms. The molecule has 120 valence electrons. The van der Waals surface area contributed by atoms with Crippen molar-refractivity contribution in [3.05, 3.63) is 64.0 Å². The fourth-order valence-corrected chi connectivity index (χ4v) is 2.15. The summed E-state index contributed by atoms with van der Waals surface area (Å²) < 4.78 is 13.5. The van der Waals surface area contributed by atoms with Gasteiger partial charge in [0, 0.05) is 17.5 Å². The van der Waals surface area contributed by atoms with Gasteiger partial charge < -0.3 is 10.1 Å². The minimum Gasteiger partial charge on any atom is -0.493 e. The number of azo groups is 1. The van der Waals surface area contributed by atoms with Crippen molar-refractivity contribution < 1.29 is 19.2 Å². The monoisotopic (exact) mass is 328 g/mol. The first-order valence-corrected chi connectivity index (χ1v) is 6.67. The topological polar surface area (TPSA) is 121 Å². The predicted octanol–water partition coefficient (Wildman–Crippen LogP) is 3.84. The molecule has 0 radical (unpaired) electrons. The number of halogens is 1. The number of carbonyl (C=O) groups excluding carboxylic acids is 1. The number of hydrogen-bond acceptors (Lipinski definition) is 5. The highest BCUT2D eigenvalue weighted by Crippen LogP contribution is 2.37. The molecule has 0 unspecified atom stereocenters. The third-order valence-corrected chi connectivity index (χ3v) is 3.29. The second kappa shape index (κ2) is 5.88. The number of H-pyrrole nitrogens is 1. The van der Waals surface area contributed by atoms with Gasteiger partial charge in [-0.3, -0.25) is 14.9 Å². The number of nitrogens with one attached hydrogen (secondary N) is 1. The zero-order valence-electron chi connectivity index (χ0n) is 11.9. The Morgan fingerprint density at radius 3 is 2.71 bits per heavy atom. The van der Waals surface area contributed by atoms with E-state index in [1.54, 1.807) is 0 Å². The summed E-state index contributed by atoms with van der Waals surface area (Å²) in [4.78, 5) is 24.7. The Bertz CT molecular complexity index is 996. The Balaban J connectivity index is 2.01. The lowest BCUT2D eigenvalue weighted by Crippen LogP contribution is -1.97. The van der Waals surface area contributed by atoms with Crippen LogP contribution in [-0.2, 0) is 0 Å². The van der Waals surface area contributed by atoms with Gasteiger partial charge in [0.25, 0.3) is 11.6 Å². The van der Waals surface area contributed by atoms with Crippen molar-refractivity contribution in [3.8, 4) is 5.88 Å². The second-order valence-electron chi connectivity index (χ2n) is 4.79. The number of aromatic amines is 1. The fraction of sp³-hybridized carbons (Fsp3) is 0. The summed E-state index contributed by atoms with van der Waals surface area (Å²) in [5.41, 5.74) is -0.242. The third kappa shape index (κ3) is 2.70. The van der Waals surface area contributed by atoms with E-state index in [2.05, 4.69) is 15.2 Å². The molecule has 2 aromatic carbocycles. The Kier molecular flexibility index (Phi) is 3.74. The highest BCUT2D eigenvalue weighted by atomic mass is 19.1. The molecule has 9 heteroatoms. The number of nitro groups is 1. The zero-order valence-corrected chi connectivity index (χ0v) is 11.9. The number of nitro benzene ring substituents is 1. The van der Waals surface area contributed by atoms with E-state index in [1.807, 2.05) is 0 Å². The van der Waals surface area contributed by atoms with E-state index < -0.39 is 22.5 Å². The molecule has 0 fully saturated rings. The molecule has 8 nitrogen and oxygen atoms in total. The van der Waals surface area contributed by atoms with Crippen molar-refractivity contribution >= 4 is 28.2 Å². The molecule has 0 spiro atoms. The van der Waals surface area contributed by atoms with Crippen LogP contribution in [0.25, 0.3) is 10.9 Å². The Morgan fingerprint density at radius 1 is 1.25 bits per heavy atom. The number of amides is 1. The van der Waals surface area contributed by atoms with Gasteiger partial charge in [-0.15, -0.1) is 10.2 Å². The van der Waals surface area contributed by atoms with Crippen LogP contribution in [0.1, 0.15) is 10.4 Å². The van der Waals surface area contributed by atoms with Crippen molar-refractivity contribution in [1.82, 2.24) is 4.98 Å². The number of benzene rings is 2. The number of aromatic nitrogens is 1. The summed E-state index contributed by atoms with van der Waals surface area (Å²) in [5.74, 6) is -2.09. The van der Waals surface area contributed by atoms with Crippen LogP contribution >= 0.6 is 0 Å². The summed E-state index contributed by atoms with van der Waals surface area (Å²) in [6.07, 6.45) is 0. The van der Waals surface area contributed by atoms with Crippen LogP contribution in [0.5, 0.6) is 5.88 Å². The molecule has 0 saturated heterocycles. The van der Waals surface area contributed by atoms with Crippen molar-refractivity contribution in [2.45, 2.75) is 0 Å². The molecular weight excluding hydrogens is 319 g/mol. The minimum absolute atomic E-state index is 0.140. The van der Waals surface area contributed by atoms with Crippen LogP contribution in [0.3, 0.4) is 0 Å². The van der Waals surface area contributed by atoms with E-state index in [4.69, 9.17) is 0 Å². The standard InChI is InChI=1S/C15H9FN4O4/c16-11-4-2-1-3-9(11)14(21)19-18-13-10-7-8(20(23)24)5-6-12(10)17-15(13)22/h1-7,17,22H. The van der Waals surface area contributed by atoms with Crippen molar-refractivity contribution in [2.24, 2.45) is 10.2 Å². The van der Waals surface area contributed by atoms with E-state index in [-0.39, 0.29) is 22.3 Å². The number of aromatic hydroxyl groups is 1. The maximum atomic E-state index is 13.5. The predicted molar refractivity (Wildman–Crippen MR) is 81.9 cm³/mol. The molecule has 24 heavy (non-hydrogen) atoms. The van der Waals surface area contributed by atoms with E-state index >= 15 is 0 Å². The number of carbonyl (C=O) groups is 1. The number of fused-ring (bicyclic) bond motifs is 1. The molecule has 0 atom stereocenters. The SMILES string of the molecule is O=C(N=Nc1c(O)[nH]c2ccc([N+](=O)[O-])cc12)c1ccccc1F. The first-order chi connectivity index (χ1) is 11.5. The summed E-state index contributed by atoms with van der Waals surface area (Å²) in [6, 6.07) is 9.08.